The van der Waals surface area contributed by atoms with Crippen molar-refractivity contribution in [3.05, 3.63) is 51.6 Å². The molecular weight excluding hydrogens is 376 g/mol. The van der Waals surface area contributed by atoms with Crippen molar-refractivity contribution in [2.75, 3.05) is 11.9 Å². The van der Waals surface area contributed by atoms with E-state index in [0.717, 1.165) is 0 Å². The number of hydrogen-bond acceptors (Lipinski definition) is 3. The minimum Gasteiger partial charge on any atom is -0.377 e. The number of pyridine rings is 1. The Morgan fingerprint density at radius 3 is 2.48 bits per heavy atom. The number of nitrogens with one attached hydrogen (secondary N) is 1. The highest BCUT2D eigenvalue weighted by atomic mass is 35.5. The molecule has 3 rings (SSSR count). The highest BCUT2D eigenvalue weighted by molar-refractivity contribution is 6.31. The van der Waals surface area contributed by atoms with Gasteiger partial charge < -0.3 is 10.1 Å². The molecule has 2 aromatic rings. The van der Waals surface area contributed by atoms with E-state index in [1.807, 2.05) is 0 Å². The van der Waals surface area contributed by atoms with Gasteiger partial charge in [0.05, 0.1) is 17.7 Å². The molecule has 25 heavy (non-hydrogen) atoms. The molecule has 1 N–H and O–H groups in total. The lowest BCUT2D eigenvalue weighted by Gasteiger charge is -2.42. The predicted octanol–water partition coefficient (Wildman–Crippen LogP) is 5.72. The summed E-state index contributed by atoms with van der Waals surface area (Å²) in [5.41, 5.74) is -2.22. The number of fused-ring (bicyclic) bond motifs is 2. The Morgan fingerprint density at radius 1 is 1.16 bits per heavy atom. The second-order valence-corrected chi connectivity index (χ2v) is 7.00. The van der Waals surface area contributed by atoms with Crippen LogP contribution in [0.15, 0.2) is 30.5 Å². The van der Waals surface area contributed by atoms with Gasteiger partial charge in [0, 0.05) is 22.5 Å². The van der Waals surface area contributed by atoms with Crippen LogP contribution in [-0.4, -0.2) is 23.9 Å². The summed E-state index contributed by atoms with van der Waals surface area (Å²) < 4.78 is 48.8. The van der Waals surface area contributed by atoms with Crippen LogP contribution >= 0.6 is 23.2 Å². The highest BCUT2D eigenvalue weighted by Crippen LogP contribution is 2.54. The second-order valence-electron chi connectivity index (χ2n) is 6.13. The predicted molar refractivity (Wildman–Crippen MR) is 91.9 cm³/mol. The number of ether oxygens (including phenoxy) is 1. The van der Waals surface area contributed by atoms with Crippen LogP contribution in [0, 0.1) is 0 Å². The Morgan fingerprint density at radius 2 is 1.84 bits per heavy atom. The van der Waals surface area contributed by atoms with E-state index in [1.54, 1.807) is 13.8 Å². The number of benzene rings is 1. The maximum atomic E-state index is 14.4. The van der Waals surface area contributed by atoms with Crippen molar-refractivity contribution in [2.24, 2.45) is 0 Å². The van der Waals surface area contributed by atoms with Crippen LogP contribution in [0.5, 0.6) is 0 Å². The fourth-order valence-electron chi connectivity index (χ4n) is 2.95. The second kappa shape index (κ2) is 6.34. The zero-order chi connectivity index (χ0) is 18.4. The molecule has 0 saturated heterocycles. The van der Waals surface area contributed by atoms with Crippen molar-refractivity contribution >= 4 is 34.7 Å². The van der Waals surface area contributed by atoms with Gasteiger partial charge in [0.15, 0.2) is 0 Å². The Hall–Kier alpha value is -1.50. The van der Waals surface area contributed by atoms with Crippen molar-refractivity contribution in [3.8, 4) is 0 Å². The summed E-state index contributed by atoms with van der Waals surface area (Å²) in [5.74, 6) is 0.101. The normalized spacial score (nSPS) is 19.4. The first-order valence-corrected chi connectivity index (χ1v) is 8.32. The first kappa shape index (κ1) is 18.3. The van der Waals surface area contributed by atoms with E-state index < -0.39 is 18.2 Å². The van der Waals surface area contributed by atoms with Gasteiger partial charge in [-0.3, -0.25) is 0 Å². The van der Waals surface area contributed by atoms with Gasteiger partial charge in [-0.2, -0.15) is 13.2 Å². The molecular formula is C17H15Cl2F3N2O. The van der Waals surface area contributed by atoms with E-state index >= 15 is 0 Å². The van der Waals surface area contributed by atoms with Crippen molar-refractivity contribution in [1.29, 1.82) is 0 Å². The molecule has 8 heteroatoms. The number of anilines is 2. The minimum absolute atomic E-state index is 0.00952. The SMILES string of the molecule is CC(C)OC[C@@]1(C(F)(F)F)c2cc(Cl)ccc2Nc2ncc(Cl)cc21. The topological polar surface area (TPSA) is 34.1 Å². The quantitative estimate of drug-likeness (QED) is 0.727. The molecule has 134 valence electrons. The molecule has 1 aliphatic rings. The van der Waals surface area contributed by atoms with Crippen LogP contribution in [-0.2, 0) is 10.2 Å². The monoisotopic (exact) mass is 390 g/mol. The van der Waals surface area contributed by atoms with Crippen LogP contribution in [0.4, 0.5) is 24.7 Å². The molecule has 0 radical (unpaired) electrons. The lowest BCUT2D eigenvalue weighted by molar-refractivity contribution is -0.195. The smallest absolute Gasteiger partial charge is 0.377 e. The van der Waals surface area contributed by atoms with Gasteiger partial charge in [0.2, 0.25) is 0 Å². The number of aromatic nitrogens is 1. The van der Waals surface area contributed by atoms with Crippen LogP contribution in [0.3, 0.4) is 0 Å². The van der Waals surface area contributed by atoms with Gasteiger partial charge in [-0.15, -0.1) is 0 Å². The minimum atomic E-state index is -4.65. The van der Waals surface area contributed by atoms with E-state index in [2.05, 4.69) is 10.3 Å². The summed E-state index contributed by atoms with van der Waals surface area (Å²) in [6.45, 7) is 2.76. The molecule has 0 amide bonds. The highest BCUT2D eigenvalue weighted by Gasteiger charge is 2.61. The summed E-state index contributed by atoms with van der Waals surface area (Å²) in [7, 11) is 0. The fraction of sp³-hybridized carbons (Fsp3) is 0.353. The molecule has 0 saturated carbocycles. The third-order valence-corrected chi connectivity index (χ3v) is 4.57. The average molecular weight is 391 g/mol. The van der Waals surface area contributed by atoms with Gasteiger partial charge >= 0.3 is 6.18 Å². The molecule has 0 spiro atoms. The van der Waals surface area contributed by atoms with Crippen molar-refractivity contribution in [2.45, 2.75) is 31.5 Å². The van der Waals surface area contributed by atoms with Crippen LogP contribution in [0.2, 0.25) is 10.0 Å². The summed E-state index contributed by atoms with van der Waals surface area (Å²) in [4.78, 5) is 4.04. The average Bonchev–Trinajstić information content (AvgIpc) is 2.51. The maximum Gasteiger partial charge on any atom is 0.404 e. The number of hydrogen-bond donors (Lipinski definition) is 1. The molecule has 1 aliphatic heterocycles. The van der Waals surface area contributed by atoms with Gasteiger partial charge in [-0.05, 0) is 43.7 Å². The van der Waals surface area contributed by atoms with Crippen LogP contribution < -0.4 is 5.32 Å². The van der Waals surface area contributed by atoms with E-state index in [1.165, 1.54) is 30.5 Å². The number of rotatable bonds is 3. The Bertz CT molecular complexity index is 757. The van der Waals surface area contributed by atoms with Crippen molar-refractivity contribution in [3.63, 3.8) is 0 Å². The molecule has 0 fully saturated rings. The Balaban J connectivity index is 2.34. The first-order chi connectivity index (χ1) is 11.6. The zero-order valence-electron chi connectivity index (χ0n) is 13.4. The standard InChI is InChI=1S/C17H15Cl2F3N2O/c1-9(2)25-8-16(17(20,21)22)12-5-10(18)3-4-14(12)24-15-13(16)6-11(19)7-23-15/h3-7,9H,8H2,1-2H3,(H,23,24)/t16-/m1/s1. The molecule has 1 aromatic heterocycles. The van der Waals surface area contributed by atoms with Gasteiger partial charge in [-0.1, -0.05) is 23.2 Å². The first-order valence-electron chi connectivity index (χ1n) is 7.56. The van der Waals surface area contributed by atoms with E-state index in [-0.39, 0.29) is 38.8 Å². The third kappa shape index (κ3) is 3.07. The molecule has 2 heterocycles. The Labute approximate surface area is 153 Å². The van der Waals surface area contributed by atoms with Crippen LogP contribution in [0.25, 0.3) is 0 Å². The fourth-order valence-corrected chi connectivity index (χ4v) is 3.28. The number of nitrogens with zero attached hydrogens (tertiary/aromatic N) is 1. The van der Waals surface area contributed by atoms with E-state index in [9.17, 15) is 13.2 Å². The molecule has 1 atom stereocenters. The van der Waals surface area contributed by atoms with Gasteiger partial charge in [-0.25, -0.2) is 4.98 Å². The molecule has 0 aliphatic carbocycles. The summed E-state index contributed by atoms with van der Waals surface area (Å²) in [5, 5.41) is 3.25. The summed E-state index contributed by atoms with van der Waals surface area (Å²) in [6.07, 6.45) is -3.73. The largest absolute Gasteiger partial charge is 0.404 e. The molecule has 0 bridgehead atoms. The van der Waals surface area contributed by atoms with Gasteiger partial charge in [0.25, 0.3) is 0 Å². The number of alkyl halides is 3. The summed E-state index contributed by atoms with van der Waals surface area (Å²) in [6, 6.07) is 5.62. The van der Waals surface area contributed by atoms with Gasteiger partial charge in [0.1, 0.15) is 11.2 Å². The van der Waals surface area contributed by atoms with Crippen molar-refractivity contribution in [1.82, 2.24) is 4.98 Å². The van der Waals surface area contributed by atoms with Crippen molar-refractivity contribution < 1.29 is 17.9 Å². The molecule has 1 aromatic carbocycles. The van der Waals surface area contributed by atoms with E-state index in [4.69, 9.17) is 27.9 Å². The molecule has 0 unspecified atom stereocenters. The Kier molecular flexibility index (Phi) is 4.64. The zero-order valence-corrected chi connectivity index (χ0v) is 14.9. The molecule has 3 nitrogen and oxygen atoms in total. The number of halogens is 5. The summed E-state index contributed by atoms with van der Waals surface area (Å²) >= 11 is 11.9. The maximum absolute atomic E-state index is 14.4. The van der Waals surface area contributed by atoms with E-state index in [0.29, 0.717) is 0 Å². The lowest BCUT2D eigenvalue weighted by atomic mass is 9.71. The lowest BCUT2D eigenvalue weighted by Crippen LogP contribution is -2.50. The van der Waals surface area contributed by atoms with Crippen LogP contribution in [0.1, 0.15) is 25.0 Å². The third-order valence-electron chi connectivity index (χ3n) is 4.13.